The van der Waals surface area contributed by atoms with Gasteiger partial charge in [0.15, 0.2) is 0 Å². The highest BCUT2D eigenvalue weighted by atomic mass is 16.5. The molecule has 0 aliphatic heterocycles. The number of nitrogens with two attached hydrogens (primary N) is 1. The fraction of sp³-hybridized carbons (Fsp3) is 0.600. The smallest absolute Gasteiger partial charge is 0.0986 e. The average Bonchev–Trinajstić information content (AvgIpc) is 2.84. The highest BCUT2D eigenvalue weighted by Crippen LogP contribution is 2.59. The lowest BCUT2D eigenvalue weighted by Gasteiger charge is -2.35. The molecule has 1 aromatic rings. The van der Waals surface area contributed by atoms with Crippen LogP contribution in [0.4, 0.5) is 5.69 Å². The van der Waals surface area contributed by atoms with Gasteiger partial charge in [0.2, 0.25) is 0 Å². The molecular formula is C15H21NO. The summed E-state index contributed by atoms with van der Waals surface area (Å²) in [7, 11) is 1.88. The lowest BCUT2D eigenvalue weighted by Crippen LogP contribution is -2.34. The average molecular weight is 231 g/mol. The van der Waals surface area contributed by atoms with Crippen molar-refractivity contribution in [3.05, 3.63) is 29.3 Å². The molecule has 2 bridgehead atoms. The zero-order valence-corrected chi connectivity index (χ0v) is 10.7. The summed E-state index contributed by atoms with van der Waals surface area (Å²) in [4.78, 5) is 0. The van der Waals surface area contributed by atoms with E-state index < -0.39 is 0 Å². The van der Waals surface area contributed by atoms with E-state index in [4.69, 9.17) is 10.5 Å². The van der Waals surface area contributed by atoms with Crippen LogP contribution in [0.3, 0.4) is 0 Å². The van der Waals surface area contributed by atoms with Crippen molar-refractivity contribution in [1.29, 1.82) is 0 Å². The van der Waals surface area contributed by atoms with Crippen LogP contribution >= 0.6 is 0 Å². The molecular weight excluding hydrogens is 210 g/mol. The van der Waals surface area contributed by atoms with Gasteiger partial charge in [0, 0.05) is 12.8 Å². The van der Waals surface area contributed by atoms with Crippen LogP contribution in [0, 0.1) is 18.8 Å². The Labute approximate surface area is 103 Å². The van der Waals surface area contributed by atoms with Crippen molar-refractivity contribution < 1.29 is 4.74 Å². The minimum Gasteiger partial charge on any atom is -0.399 e. The number of fused-ring (bicyclic) bond motifs is 2. The fourth-order valence-electron chi connectivity index (χ4n) is 4.29. The number of anilines is 1. The van der Waals surface area contributed by atoms with Gasteiger partial charge in [0.25, 0.3) is 0 Å². The molecule has 2 heteroatoms. The Balaban J connectivity index is 2.12. The van der Waals surface area contributed by atoms with Crippen LogP contribution in [-0.2, 0) is 10.3 Å². The molecule has 1 aromatic carbocycles. The molecule has 3 rings (SSSR count). The predicted octanol–water partition coefficient (Wildman–Crippen LogP) is 3.24. The van der Waals surface area contributed by atoms with Gasteiger partial charge in [0.05, 0.1) is 5.60 Å². The van der Waals surface area contributed by atoms with Crippen LogP contribution in [0.1, 0.15) is 36.8 Å². The number of hydrogen-bond donors (Lipinski definition) is 1. The fourth-order valence-corrected chi connectivity index (χ4v) is 4.29. The Morgan fingerprint density at radius 1 is 1.18 bits per heavy atom. The summed E-state index contributed by atoms with van der Waals surface area (Å²) in [6.07, 6.45) is 5.29. The van der Waals surface area contributed by atoms with Gasteiger partial charge in [-0.2, -0.15) is 0 Å². The molecule has 2 aliphatic carbocycles. The third kappa shape index (κ3) is 1.37. The Kier molecular flexibility index (Phi) is 2.44. The first-order valence-electron chi connectivity index (χ1n) is 6.60. The highest BCUT2D eigenvalue weighted by molar-refractivity contribution is 5.47. The van der Waals surface area contributed by atoms with Gasteiger partial charge in [-0.15, -0.1) is 0 Å². The second-order valence-corrected chi connectivity index (χ2v) is 5.62. The van der Waals surface area contributed by atoms with Gasteiger partial charge in [-0.05, 0) is 67.7 Å². The van der Waals surface area contributed by atoms with E-state index in [1.807, 2.05) is 13.2 Å². The predicted molar refractivity (Wildman–Crippen MR) is 69.7 cm³/mol. The SMILES string of the molecule is COC1(c2ccc(N)cc2C)C2CCC1CC2. The number of rotatable bonds is 2. The molecule has 2 nitrogen and oxygen atoms in total. The molecule has 0 radical (unpaired) electrons. The van der Waals surface area contributed by atoms with Gasteiger partial charge in [-0.25, -0.2) is 0 Å². The van der Waals surface area contributed by atoms with Crippen molar-refractivity contribution in [3.63, 3.8) is 0 Å². The summed E-state index contributed by atoms with van der Waals surface area (Å²) >= 11 is 0. The summed E-state index contributed by atoms with van der Waals surface area (Å²) in [5.41, 5.74) is 9.35. The van der Waals surface area contributed by atoms with Gasteiger partial charge >= 0.3 is 0 Å². The van der Waals surface area contributed by atoms with Crippen molar-refractivity contribution in [3.8, 4) is 0 Å². The molecule has 0 spiro atoms. The zero-order chi connectivity index (χ0) is 12.0. The molecule has 0 atom stereocenters. The van der Waals surface area contributed by atoms with E-state index in [2.05, 4.69) is 19.1 Å². The number of ether oxygens (including phenoxy) is 1. The topological polar surface area (TPSA) is 35.2 Å². The number of nitrogen functional groups attached to an aromatic ring is 1. The second kappa shape index (κ2) is 3.74. The molecule has 2 N–H and O–H groups in total. The van der Waals surface area contributed by atoms with Crippen molar-refractivity contribution in [2.45, 2.75) is 38.2 Å². The van der Waals surface area contributed by atoms with E-state index >= 15 is 0 Å². The van der Waals surface area contributed by atoms with E-state index in [0.29, 0.717) is 11.8 Å². The van der Waals surface area contributed by atoms with E-state index in [-0.39, 0.29) is 5.60 Å². The summed E-state index contributed by atoms with van der Waals surface area (Å²) in [6, 6.07) is 6.28. The highest BCUT2D eigenvalue weighted by Gasteiger charge is 2.56. The lowest BCUT2D eigenvalue weighted by atomic mass is 9.81. The largest absolute Gasteiger partial charge is 0.399 e. The maximum Gasteiger partial charge on any atom is 0.0986 e. The van der Waals surface area contributed by atoms with E-state index in [1.165, 1.54) is 36.8 Å². The Hall–Kier alpha value is -1.02. The lowest BCUT2D eigenvalue weighted by molar-refractivity contribution is -0.0547. The maximum absolute atomic E-state index is 6.05. The quantitative estimate of drug-likeness (QED) is 0.793. The van der Waals surface area contributed by atoms with Crippen LogP contribution in [0.25, 0.3) is 0 Å². The molecule has 0 heterocycles. The van der Waals surface area contributed by atoms with Gasteiger partial charge in [0.1, 0.15) is 0 Å². The van der Waals surface area contributed by atoms with Gasteiger partial charge < -0.3 is 10.5 Å². The van der Waals surface area contributed by atoms with Crippen LogP contribution in [-0.4, -0.2) is 7.11 Å². The standard InChI is InChI=1S/C15H21NO/c1-10-9-13(16)7-8-14(10)15(17-2)11-3-4-12(15)6-5-11/h7-9,11-12H,3-6,16H2,1-2H3. The second-order valence-electron chi connectivity index (χ2n) is 5.62. The van der Waals surface area contributed by atoms with Crippen molar-refractivity contribution in [2.24, 2.45) is 11.8 Å². The van der Waals surface area contributed by atoms with Gasteiger partial charge in [-0.3, -0.25) is 0 Å². The minimum atomic E-state index is -0.0161. The molecule has 0 amide bonds. The maximum atomic E-state index is 6.05. The third-order valence-electron chi connectivity index (χ3n) is 4.95. The summed E-state index contributed by atoms with van der Waals surface area (Å²) in [6.45, 7) is 2.16. The van der Waals surface area contributed by atoms with Crippen LogP contribution in [0.5, 0.6) is 0 Å². The van der Waals surface area contributed by atoms with Crippen LogP contribution in [0.2, 0.25) is 0 Å². The van der Waals surface area contributed by atoms with Crippen LogP contribution < -0.4 is 5.73 Å². The first-order valence-corrected chi connectivity index (χ1v) is 6.60. The molecule has 17 heavy (non-hydrogen) atoms. The molecule has 2 saturated carbocycles. The van der Waals surface area contributed by atoms with Crippen molar-refractivity contribution in [1.82, 2.24) is 0 Å². The summed E-state index contributed by atoms with van der Waals surface area (Å²) < 4.78 is 6.05. The molecule has 0 saturated heterocycles. The first-order chi connectivity index (χ1) is 8.18. The first kappa shape index (κ1) is 11.1. The zero-order valence-electron chi connectivity index (χ0n) is 10.7. The minimum absolute atomic E-state index is 0.0161. The summed E-state index contributed by atoms with van der Waals surface area (Å²) in [5.74, 6) is 1.42. The number of aryl methyl sites for hydroxylation is 1. The van der Waals surface area contributed by atoms with Crippen molar-refractivity contribution in [2.75, 3.05) is 12.8 Å². The third-order valence-corrected chi connectivity index (χ3v) is 4.95. The monoisotopic (exact) mass is 231 g/mol. The Bertz CT molecular complexity index is 421. The molecule has 2 fully saturated rings. The number of benzene rings is 1. The Morgan fingerprint density at radius 3 is 2.24 bits per heavy atom. The van der Waals surface area contributed by atoms with E-state index in [9.17, 15) is 0 Å². The van der Waals surface area contributed by atoms with Crippen LogP contribution in [0.15, 0.2) is 18.2 Å². The van der Waals surface area contributed by atoms with E-state index in [1.54, 1.807) is 0 Å². The summed E-state index contributed by atoms with van der Waals surface area (Å²) in [5, 5.41) is 0. The molecule has 92 valence electrons. The molecule has 0 unspecified atom stereocenters. The normalized spacial score (nSPS) is 35.4. The Morgan fingerprint density at radius 2 is 1.76 bits per heavy atom. The molecule has 2 aliphatic rings. The van der Waals surface area contributed by atoms with E-state index in [0.717, 1.165) is 5.69 Å². The van der Waals surface area contributed by atoms with Crippen molar-refractivity contribution >= 4 is 5.69 Å². The number of methoxy groups -OCH3 is 1. The molecule has 0 aromatic heterocycles. The van der Waals surface area contributed by atoms with Gasteiger partial charge in [-0.1, -0.05) is 6.07 Å². The number of hydrogen-bond acceptors (Lipinski definition) is 2.